The highest BCUT2D eigenvalue weighted by molar-refractivity contribution is 6.02. The van der Waals surface area contributed by atoms with E-state index >= 15 is 0 Å². The van der Waals surface area contributed by atoms with Crippen molar-refractivity contribution < 1.29 is 13.6 Å². The van der Waals surface area contributed by atoms with Gasteiger partial charge in [0.25, 0.3) is 0 Å². The Bertz CT molecular complexity index is 474. The van der Waals surface area contributed by atoms with Crippen molar-refractivity contribution >= 4 is 17.3 Å². The minimum absolute atomic E-state index is 0.117. The molecule has 0 fully saturated rings. The van der Waals surface area contributed by atoms with Gasteiger partial charge >= 0.3 is 0 Å². The topological polar surface area (TPSA) is 32.3 Å². The molecule has 0 unspecified atom stereocenters. The van der Waals surface area contributed by atoms with Gasteiger partial charge in [0, 0.05) is 18.7 Å². The maximum absolute atomic E-state index is 13.3. The van der Waals surface area contributed by atoms with E-state index in [2.05, 4.69) is 19.2 Å². The molecule has 1 aromatic rings. The monoisotopic (exact) mass is 254 g/mol. The first-order valence-corrected chi connectivity index (χ1v) is 6.02. The van der Waals surface area contributed by atoms with Gasteiger partial charge in [0.15, 0.2) is 11.6 Å². The van der Waals surface area contributed by atoms with Gasteiger partial charge in [0.05, 0.1) is 17.9 Å². The van der Waals surface area contributed by atoms with Gasteiger partial charge in [-0.3, -0.25) is 4.79 Å². The number of anilines is 2. The lowest BCUT2D eigenvalue weighted by molar-refractivity contribution is -0.117. The second-order valence-electron chi connectivity index (χ2n) is 4.86. The van der Waals surface area contributed by atoms with Crippen LogP contribution in [-0.4, -0.2) is 19.0 Å². The summed E-state index contributed by atoms with van der Waals surface area (Å²) in [7, 11) is 0. The number of halogens is 2. The fraction of sp³-hybridized carbons (Fsp3) is 0.462. The molecule has 1 N–H and O–H groups in total. The molecule has 0 atom stereocenters. The predicted octanol–water partition coefficient (Wildman–Crippen LogP) is 2.77. The molecule has 1 heterocycles. The standard InChI is InChI=1S/C13H16F2N2O/c1-8(2)3-4-17-12-6-10(15)9(14)5-11(12)16-7-13(17)18/h5-6,8,16H,3-4,7H2,1-2H3. The number of benzene rings is 1. The van der Waals surface area contributed by atoms with Crippen LogP contribution in [0.25, 0.3) is 0 Å². The summed E-state index contributed by atoms with van der Waals surface area (Å²) in [5, 5.41) is 2.80. The molecule has 18 heavy (non-hydrogen) atoms. The molecule has 0 radical (unpaired) electrons. The number of carbonyl (C=O) groups excluding carboxylic acids is 1. The van der Waals surface area contributed by atoms with Crippen molar-refractivity contribution in [2.45, 2.75) is 20.3 Å². The highest BCUT2D eigenvalue weighted by atomic mass is 19.2. The molecule has 1 amide bonds. The number of amides is 1. The van der Waals surface area contributed by atoms with E-state index in [-0.39, 0.29) is 12.5 Å². The van der Waals surface area contributed by atoms with Crippen molar-refractivity contribution in [1.29, 1.82) is 0 Å². The van der Waals surface area contributed by atoms with E-state index in [1.165, 1.54) is 4.90 Å². The molecule has 0 aromatic heterocycles. The molecule has 1 aliphatic heterocycles. The Morgan fingerprint density at radius 2 is 2.00 bits per heavy atom. The highest BCUT2D eigenvalue weighted by Gasteiger charge is 2.25. The largest absolute Gasteiger partial charge is 0.374 e. The van der Waals surface area contributed by atoms with Gasteiger partial charge in [-0.25, -0.2) is 8.78 Å². The van der Waals surface area contributed by atoms with Crippen LogP contribution in [0.4, 0.5) is 20.2 Å². The van der Waals surface area contributed by atoms with E-state index in [1.807, 2.05) is 0 Å². The summed E-state index contributed by atoms with van der Waals surface area (Å²) >= 11 is 0. The molecule has 0 saturated heterocycles. The first-order valence-electron chi connectivity index (χ1n) is 6.02. The van der Waals surface area contributed by atoms with Gasteiger partial charge in [0.2, 0.25) is 5.91 Å². The molecule has 0 bridgehead atoms. The quantitative estimate of drug-likeness (QED) is 0.899. The van der Waals surface area contributed by atoms with Crippen LogP contribution in [0.3, 0.4) is 0 Å². The second-order valence-corrected chi connectivity index (χ2v) is 4.86. The molecule has 5 heteroatoms. The van der Waals surface area contributed by atoms with Crippen molar-refractivity contribution in [3.05, 3.63) is 23.8 Å². The third-order valence-corrected chi connectivity index (χ3v) is 2.99. The average molecular weight is 254 g/mol. The Labute approximate surface area is 105 Å². The zero-order valence-corrected chi connectivity index (χ0v) is 10.5. The van der Waals surface area contributed by atoms with Crippen LogP contribution in [0.1, 0.15) is 20.3 Å². The number of hydrogen-bond donors (Lipinski definition) is 1. The van der Waals surface area contributed by atoms with E-state index < -0.39 is 11.6 Å². The lowest BCUT2D eigenvalue weighted by atomic mass is 10.1. The molecule has 0 aliphatic carbocycles. The number of nitrogens with one attached hydrogen (secondary N) is 1. The third kappa shape index (κ3) is 2.44. The Morgan fingerprint density at radius 3 is 2.67 bits per heavy atom. The minimum Gasteiger partial charge on any atom is -0.374 e. The molecular formula is C13H16F2N2O. The normalized spacial score (nSPS) is 14.7. The summed E-state index contributed by atoms with van der Waals surface area (Å²) in [6.45, 7) is 4.75. The summed E-state index contributed by atoms with van der Waals surface area (Å²) < 4.78 is 26.4. The van der Waals surface area contributed by atoms with Crippen LogP contribution >= 0.6 is 0 Å². The second kappa shape index (κ2) is 4.92. The van der Waals surface area contributed by atoms with Gasteiger partial charge in [0.1, 0.15) is 0 Å². The molecule has 3 nitrogen and oxygen atoms in total. The Kier molecular flexibility index (Phi) is 3.50. The van der Waals surface area contributed by atoms with Crippen LogP contribution in [0, 0.1) is 17.6 Å². The van der Waals surface area contributed by atoms with Crippen LogP contribution in [0.5, 0.6) is 0 Å². The minimum atomic E-state index is -0.931. The molecule has 1 aliphatic rings. The molecule has 0 saturated carbocycles. The first kappa shape index (κ1) is 12.8. The van der Waals surface area contributed by atoms with E-state index in [0.717, 1.165) is 18.6 Å². The maximum atomic E-state index is 13.3. The number of carbonyl (C=O) groups is 1. The number of hydrogen-bond acceptors (Lipinski definition) is 2. The van der Waals surface area contributed by atoms with E-state index in [4.69, 9.17) is 0 Å². The maximum Gasteiger partial charge on any atom is 0.246 e. The van der Waals surface area contributed by atoms with Crippen molar-refractivity contribution in [3.8, 4) is 0 Å². The molecule has 1 aromatic carbocycles. The highest BCUT2D eigenvalue weighted by Crippen LogP contribution is 2.32. The lowest BCUT2D eigenvalue weighted by Gasteiger charge is -2.30. The van der Waals surface area contributed by atoms with Crippen molar-refractivity contribution in [2.24, 2.45) is 5.92 Å². The van der Waals surface area contributed by atoms with E-state index in [0.29, 0.717) is 23.8 Å². The Hall–Kier alpha value is -1.65. The molecule has 98 valence electrons. The number of fused-ring (bicyclic) bond motifs is 1. The lowest BCUT2D eigenvalue weighted by Crippen LogP contribution is -2.41. The third-order valence-electron chi connectivity index (χ3n) is 2.99. The smallest absolute Gasteiger partial charge is 0.246 e. The van der Waals surface area contributed by atoms with Crippen LogP contribution < -0.4 is 10.2 Å². The zero-order chi connectivity index (χ0) is 13.3. The van der Waals surface area contributed by atoms with Crippen LogP contribution in [-0.2, 0) is 4.79 Å². The summed E-state index contributed by atoms with van der Waals surface area (Å²) in [6.07, 6.45) is 0.824. The SMILES string of the molecule is CC(C)CCN1C(=O)CNc2cc(F)c(F)cc21. The summed E-state index contributed by atoms with van der Waals surface area (Å²) in [4.78, 5) is 13.3. The molecule has 2 rings (SSSR count). The number of nitrogens with zero attached hydrogens (tertiary/aromatic N) is 1. The van der Waals surface area contributed by atoms with Gasteiger partial charge < -0.3 is 10.2 Å². The van der Waals surface area contributed by atoms with Gasteiger partial charge in [-0.05, 0) is 12.3 Å². The first-order chi connectivity index (χ1) is 8.49. The Balaban J connectivity index is 2.31. The summed E-state index contributed by atoms with van der Waals surface area (Å²) in [5.41, 5.74) is 0.892. The Morgan fingerprint density at radius 1 is 1.33 bits per heavy atom. The summed E-state index contributed by atoms with van der Waals surface area (Å²) in [6, 6.07) is 2.18. The van der Waals surface area contributed by atoms with Gasteiger partial charge in [-0.15, -0.1) is 0 Å². The fourth-order valence-electron chi connectivity index (χ4n) is 1.93. The van der Waals surface area contributed by atoms with Gasteiger partial charge in [-0.1, -0.05) is 13.8 Å². The fourth-order valence-corrected chi connectivity index (χ4v) is 1.93. The van der Waals surface area contributed by atoms with E-state index in [1.54, 1.807) is 0 Å². The van der Waals surface area contributed by atoms with Crippen molar-refractivity contribution in [3.63, 3.8) is 0 Å². The zero-order valence-electron chi connectivity index (χ0n) is 10.5. The molecule has 0 spiro atoms. The number of rotatable bonds is 3. The van der Waals surface area contributed by atoms with Gasteiger partial charge in [-0.2, -0.15) is 0 Å². The summed E-state index contributed by atoms with van der Waals surface area (Å²) in [5.74, 6) is -1.50. The molecular weight excluding hydrogens is 238 g/mol. The van der Waals surface area contributed by atoms with Crippen LogP contribution in [0.2, 0.25) is 0 Å². The van der Waals surface area contributed by atoms with E-state index in [9.17, 15) is 13.6 Å². The average Bonchev–Trinajstić information content (AvgIpc) is 2.30. The van der Waals surface area contributed by atoms with Crippen LogP contribution in [0.15, 0.2) is 12.1 Å². The van der Waals surface area contributed by atoms with Crippen molar-refractivity contribution in [1.82, 2.24) is 0 Å². The predicted molar refractivity (Wildman–Crippen MR) is 66.7 cm³/mol. The van der Waals surface area contributed by atoms with Crippen molar-refractivity contribution in [2.75, 3.05) is 23.3 Å².